The molecule has 0 spiro atoms. The van der Waals surface area contributed by atoms with E-state index in [9.17, 15) is 4.79 Å². The molecule has 27 heavy (non-hydrogen) atoms. The molecule has 0 unspecified atom stereocenters. The fourth-order valence-corrected chi connectivity index (χ4v) is 3.18. The lowest BCUT2D eigenvalue weighted by Crippen LogP contribution is -2.11. The van der Waals surface area contributed by atoms with Crippen LogP contribution >= 0.6 is 11.8 Å². The predicted octanol–water partition coefficient (Wildman–Crippen LogP) is 2.83. The van der Waals surface area contributed by atoms with E-state index >= 15 is 0 Å². The maximum atomic E-state index is 11.6. The smallest absolute Gasteiger partial charge is 0.313 e. The van der Waals surface area contributed by atoms with Gasteiger partial charge in [0.25, 0.3) is 0 Å². The first-order valence-electron chi connectivity index (χ1n) is 8.69. The topological polar surface area (TPSA) is 95.9 Å². The number of carbonyl (C=O) groups is 1. The molecule has 0 aliphatic carbocycles. The Kier molecular flexibility index (Phi) is 6.23. The Morgan fingerprint density at radius 1 is 1.22 bits per heavy atom. The number of thioether (sulfide) groups is 1. The summed E-state index contributed by atoms with van der Waals surface area (Å²) in [6, 6.07) is 8.10. The van der Waals surface area contributed by atoms with Gasteiger partial charge in [0.1, 0.15) is 12.2 Å². The minimum atomic E-state index is -0.319. The van der Waals surface area contributed by atoms with Crippen molar-refractivity contribution in [2.45, 2.75) is 37.6 Å². The molecule has 0 amide bonds. The van der Waals surface area contributed by atoms with Crippen LogP contribution in [-0.4, -0.2) is 37.5 Å². The highest BCUT2D eigenvalue weighted by atomic mass is 32.2. The number of aromatic nitrogens is 5. The van der Waals surface area contributed by atoms with Crippen LogP contribution in [0.1, 0.15) is 31.1 Å². The molecule has 0 N–H and O–H groups in total. The van der Waals surface area contributed by atoms with E-state index in [1.165, 1.54) is 17.3 Å². The van der Waals surface area contributed by atoms with E-state index in [2.05, 4.69) is 39.4 Å². The van der Waals surface area contributed by atoms with Crippen molar-refractivity contribution < 1.29 is 14.1 Å². The number of benzene rings is 1. The normalized spacial score (nSPS) is 10.9. The van der Waals surface area contributed by atoms with Crippen molar-refractivity contribution in [1.29, 1.82) is 0 Å². The molecule has 3 aromatic rings. The van der Waals surface area contributed by atoms with Crippen molar-refractivity contribution in [2.24, 2.45) is 7.05 Å². The minimum Gasteiger partial charge on any atom is -0.466 e. The Balaban J connectivity index is 1.61. The van der Waals surface area contributed by atoms with E-state index in [1.54, 1.807) is 11.5 Å². The highest BCUT2D eigenvalue weighted by Gasteiger charge is 2.15. The van der Waals surface area contributed by atoms with Crippen LogP contribution < -0.4 is 0 Å². The maximum Gasteiger partial charge on any atom is 0.313 e. The lowest BCUT2D eigenvalue weighted by atomic mass is 10.1. The summed E-state index contributed by atoms with van der Waals surface area (Å²) in [5.41, 5.74) is 2.18. The fourth-order valence-electron chi connectivity index (χ4n) is 2.41. The van der Waals surface area contributed by atoms with Gasteiger partial charge in [0.2, 0.25) is 11.7 Å². The van der Waals surface area contributed by atoms with E-state index in [0.29, 0.717) is 35.1 Å². The lowest BCUT2D eigenvalue weighted by molar-refractivity contribution is -0.142. The molecule has 0 radical (unpaired) electrons. The van der Waals surface area contributed by atoms with Gasteiger partial charge >= 0.3 is 5.97 Å². The van der Waals surface area contributed by atoms with Crippen molar-refractivity contribution in [1.82, 2.24) is 24.9 Å². The standard InChI is InChI=1S/C18H21N5O3S/c1-4-12-6-8-13(9-7-12)17-19-15(26-22-17)11-27-18-21-20-14(23(18)3)10-16(24)25-5-2/h6-9H,4-5,10-11H2,1-3H3. The number of aryl methyl sites for hydroxylation is 1. The fraction of sp³-hybridized carbons (Fsp3) is 0.389. The SMILES string of the molecule is CCOC(=O)Cc1nnc(SCc2nc(-c3ccc(CC)cc3)no2)n1C. The summed E-state index contributed by atoms with van der Waals surface area (Å²) in [7, 11) is 1.81. The van der Waals surface area contributed by atoms with Gasteiger partial charge in [0.15, 0.2) is 5.16 Å². The third kappa shape index (κ3) is 4.73. The van der Waals surface area contributed by atoms with E-state index in [-0.39, 0.29) is 12.4 Å². The summed E-state index contributed by atoms with van der Waals surface area (Å²) < 4.78 is 12.0. The maximum absolute atomic E-state index is 11.6. The third-order valence-corrected chi connectivity index (χ3v) is 4.95. The number of hydrogen-bond donors (Lipinski definition) is 0. The molecular formula is C18H21N5O3S. The molecule has 0 aliphatic heterocycles. The monoisotopic (exact) mass is 387 g/mol. The van der Waals surface area contributed by atoms with Crippen molar-refractivity contribution in [3.05, 3.63) is 41.5 Å². The molecule has 142 valence electrons. The van der Waals surface area contributed by atoms with Gasteiger partial charge in [-0.1, -0.05) is 48.1 Å². The molecule has 0 fully saturated rings. The zero-order chi connectivity index (χ0) is 19.2. The van der Waals surface area contributed by atoms with E-state index < -0.39 is 0 Å². The van der Waals surface area contributed by atoms with Crippen LogP contribution in [0, 0.1) is 0 Å². The molecular weight excluding hydrogens is 366 g/mol. The van der Waals surface area contributed by atoms with Gasteiger partial charge < -0.3 is 13.8 Å². The Bertz CT molecular complexity index is 904. The molecule has 0 aliphatic rings. The van der Waals surface area contributed by atoms with E-state index in [4.69, 9.17) is 9.26 Å². The van der Waals surface area contributed by atoms with Crippen LogP contribution in [0.15, 0.2) is 33.9 Å². The lowest BCUT2D eigenvalue weighted by Gasteiger charge is -2.02. The summed E-state index contributed by atoms with van der Waals surface area (Å²) in [6.45, 7) is 4.23. The van der Waals surface area contributed by atoms with Crippen LogP contribution in [-0.2, 0) is 35.2 Å². The van der Waals surface area contributed by atoms with Gasteiger partial charge in [-0.15, -0.1) is 10.2 Å². The third-order valence-electron chi connectivity index (χ3n) is 3.95. The second-order valence-corrected chi connectivity index (χ2v) is 6.73. The molecule has 0 bridgehead atoms. The number of esters is 1. The van der Waals surface area contributed by atoms with E-state index in [1.807, 2.05) is 19.2 Å². The number of rotatable bonds is 8. The van der Waals surface area contributed by atoms with Crippen molar-refractivity contribution in [2.75, 3.05) is 6.61 Å². The summed E-state index contributed by atoms with van der Waals surface area (Å²) in [5.74, 6) is 1.77. The van der Waals surface area contributed by atoms with Crippen LogP contribution in [0.3, 0.4) is 0 Å². The van der Waals surface area contributed by atoms with Crippen LogP contribution in [0.2, 0.25) is 0 Å². The quantitative estimate of drug-likeness (QED) is 0.430. The molecule has 1 aromatic carbocycles. The Morgan fingerprint density at radius 3 is 2.70 bits per heavy atom. The van der Waals surface area contributed by atoms with Gasteiger partial charge in [-0.25, -0.2) is 0 Å². The number of carbonyl (C=O) groups excluding carboxylic acids is 1. The molecule has 3 rings (SSSR count). The van der Waals surface area contributed by atoms with Crippen molar-refractivity contribution in [3.8, 4) is 11.4 Å². The molecule has 2 aromatic heterocycles. The van der Waals surface area contributed by atoms with Crippen molar-refractivity contribution in [3.63, 3.8) is 0 Å². The zero-order valence-corrected chi connectivity index (χ0v) is 16.3. The van der Waals surface area contributed by atoms with Gasteiger partial charge in [-0.05, 0) is 18.9 Å². The molecule has 9 heteroatoms. The van der Waals surface area contributed by atoms with E-state index in [0.717, 1.165) is 12.0 Å². The van der Waals surface area contributed by atoms with Gasteiger partial charge in [-0.2, -0.15) is 4.98 Å². The molecule has 0 saturated carbocycles. The highest BCUT2D eigenvalue weighted by Crippen LogP contribution is 2.23. The first-order valence-corrected chi connectivity index (χ1v) is 9.67. The summed E-state index contributed by atoms with van der Waals surface area (Å²) in [5, 5.41) is 12.9. The number of nitrogens with zero attached hydrogens (tertiary/aromatic N) is 5. The average Bonchev–Trinajstić information content (AvgIpc) is 3.28. The molecule has 8 nitrogen and oxygen atoms in total. The van der Waals surface area contributed by atoms with Crippen LogP contribution in [0.25, 0.3) is 11.4 Å². The average molecular weight is 387 g/mol. The van der Waals surface area contributed by atoms with Gasteiger partial charge in [0, 0.05) is 12.6 Å². The Labute approximate surface area is 161 Å². The summed E-state index contributed by atoms with van der Waals surface area (Å²) >= 11 is 1.42. The van der Waals surface area contributed by atoms with Gasteiger partial charge in [-0.3, -0.25) is 4.79 Å². The summed E-state index contributed by atoms with van der Waals surface area (Å²) in [4.78, 5) is 16.0. The number of hydrogen-bond acceptors (Lipinski definition) is 8. The van der Waals surface area contributed by atoms with Crippen molar-refractivity contribution >= 4 is 17.7 Å². The van der Waals surface area contributed by atoms with Crippen LogP contribution in [0.4, 0.5) is 0 Å². The largest absolute Gasteiger partial charge is 0.466 e. The Morgan fingerprint density at radius 2 is 2.00 bits per heavy atom. The molecule has 2 heterocycles. The number of ether oxygens (including phenoxy) is 1. The summed E-state index contributed by atoms with van der Waals surface area (Å²) in [6.07, 6.45) is 1.08. The predicted molar refractivity (Wildman–Crippen MR) is 100 cm³/mol. The van der Waals surface area contributed by atoms with Gasteiger partial charge in [0.05, 0.1) is 12.4 Å². The second-order valence-electron chi connectivity index (χ2n) is 5.79. The minimum absolute atomic E-state index is 0.0936. The first-order chi connectivity index (χ1) is 13.1. The van der Waals surface area contributed by atoms with Crippen LogP contribution in [0.5, 0.6) is 0 Å². The highest BCUT2D eigenvalue weighted by molar-refractivity contribution is 7.98. The second kappa shape index (κ2) is 8.81. The molecule has 0 saturated heterocycles. The molecule has 0 atom stereocenters. The zero-order valence-electron chi connectivity index (χ0n) is 15.5. The Hall–Kier alpha value is -2.68. The first kappa shape index (κ1) is 19.1.